The lowest BCUT2D eigenvalue weighted by Crippen LogP contribution is -2.30. The smallest absolute Gasteiger partial charge is 0.0904 e. The summed E-state index contributed by atoms with van der Waals surface area (Å²) in [6, 6.07) is 8.60. The van der Waals surface area contributed by atoms with Crippen LogP contribution in [0.4, 0.5) is 0 Å². The van der Waals surface area contributed by atoms with E-state index in [0.29, 0.717) is 0 Å². The van der Waals surface area contributed by atoms with E-state index in [1.165, 1.54) is 34.5 Å². The third-order valence-corrected chi connectivity index (χ3v) is 4.20. The van der Waals surface area contributed by atoms with Crippen LogP contribution in [0, 0.1) is 0 Å². The molecular weight excluding hydrogens is 256 g/mol. The Kier molecular flexibility index (Phi) is 3.07. The number of fused-ring (bicyclic) bond motifs is 3. The van der Waals surface area contributed by atoms with Gasteiger partial charge >= 0.3 is 0 Å². The van der Waals surface area contributed by atoms with Crippen LogP contribution in [0.25, 0.3) is 28.6 Å². The molecule has 2 heterocycles. The van der Waals surface area contributed by atoms with Crippen LogP contribution in [0.1, 0.15) is 25.0 Å². The molecule has 1 aliphatic heterocycles. The van der Waals surface area contributed by atoms with Crippen LogP contribution in [0.15, 0.2) is 42.5 Å². The van der Waals surface area contributed by atoms with Gasteiger partial charge in [0.15, 0.2) is 0 Å². The number of nitrogens with one attached hydrogen (secondary N) is 1. The van der Waals surface area contributed by atoms with E-state index in [9.17, 15) is 0 Å². The SMILES string of the molecule is C1=CC=c2c(nc(=C3CCCCN3)c3ccccc23)C=C1. The largest absolute Gasteiger partial charge is 0.387 e. The van der Waals surface area contributed by atoms with Gasteiger partial charge in [0.2, 0.25) is 0 Å². The minimum atomic E-state index is 1.06. The topological polar surface area (TPSA) is 24.9 Å². The fraction of sp³-hybridized carbons (Fsp3) is 0.211. The molecule has 0 amide bonds. The molecule has 104 valence electrons. The normalized spacial score (nSPS) is 19.6. The summed E-state index contributed by atoms with van der Waals surface area (Å²) in [5.41, 5.74) is 2.36. The van der Waals surface area contributed by atoms with E-state index >= 15 is 0 Å². The van der Waals surface area contributed by atoms with E-state index in [2.05, 4.69) is 60.0 Å². The molecule has 0 atom stereocenters. The quantitative estimate of drug-likeness (QED) is 0.798. The molecule has 0 unspecified atom stereocenters. The molecule has 1 aromatic carbocycles. The first kappa shape index (κ1) is 12.4. The van der Waals surface area contributed by atoms with Crippen LogP contribution in [0.3, 0.4) is 0 Å². The summed E-state index contributed by atoms with van der Waals surface area (Å²) in [5, 5.41) is 8.44. The lowest BCUT2D eigenvalue weighted by atomic mass is 10.0. The first-order chi connectivity index (χ1) is 10.4. The van der Waals surface area contributed by atoms with Crippen LogP contribution in [0.2, 0.25) is 0 Å². The average molecular weight is 274 g/mol. The molecule has 1 aliphatic carbocycles. The van der Waals surface area contributed by atoms with Crippen LogP contribution in [-0.4, -0.2) is 11.5 Å². The van der Waals surface area contributed by atoms with Crippen molar-refractivity contribution >= 4 is 28.6 Å². The van der Waals surface area contributed by atoms with Gasteiger partial charge in [0, 0.05) is 22.8 Å². The van der Waals surface area contributed by atoms with Crippen molar-refractivity contribution in [1.82, 2.24) is 10.3 Å². The van der Waals surface area contributed by atoms with Crippen molar-refractivity contribution < 1.29 is 0 Å². The number of allylic oxidation sites excluding steroid dienone is 3. The lowest BCUT2D eigenvalue weighted by Gasteiger charge is -2.17. The van der Waals surface area contributed by atoms with Gasteiger partial charge < -0.3 is 5.32 Å². The van der Waals surface area contributed by atoms with E-state index in [4.69, 9.17) is 4.98 Å². The van der Waals surface area contributed by atoms with Gasteiger partial charge in [-0.2, -0.15) is 0 Å². The van der Waals surface area contributed by atoms with Gasteiger partial charge in [0.25, 0.3) is 0 Å². The van der Waals surface area contributed by atoms with E-state index in [1.807, 2.05) is 0 Å². The summed E-state index contributed by atoms with van der Waals surface area (Å²) < 4.78 is 0. The van der Waals surface area contributed by atoms with Gasteiger partial charge in [-0.25, -0.2) is 4.98 Å². The molecule has 0 spiro atoms. The number of piperidine rings is 1. The summed E-state index contributed by atoms with van der Waals surface area (Å²) in [6.07, 6.45) is 14.1. The average Bonchev–Trinajstić information content (AvgIpc) is 2.80. The van der Waals surface area contributed by atoms with E-state index in [-0.39, 0.29) is 0 Å². The molecule has 2 heteroatoms. The molecule has 0 bridgehead atoms. The molecule has 1 fully saturated rings. The van der Waals surface area contributed by atoms with Crippen molar-refractivity contribution in [3.8, 4) is 0 Å². The Labute approximate surface area is 124 Å². The number of nitrogens with zero attached hydrogens (tertiary/aromatic N) is 1. The molecule has 2 aliphatic rings. The standard InChI is InChI=1S/C19H18N2/c1-2-9-15-14-8-4-5-10-16(14)19(21-17(15)11-3-1)18-12-6-7-13-20-18/h1-5,8-11,20H,6-7,12-13H2. The Morgan fingerprint density at radius 2 is 1.86 bits per heavy atom. The van der Waals surface area contributed by atoms with Crippen LogP contribution < -0.4 is 15.9 Å². The van der Waals surface area contributed by atoms with Gasteiger partial charge in [-0.15, -0.1) is 0 Å². The van der Waals surface area contributed by atoms with E-state index < -0.39 is 0 Å². The molecular formula is C19H18N2. The summed E-state index contributed by atoms with van der Waals surface area (Å²) in [6.45, 7) is 1.06. The predicted octanol–water partition coefficient (Wildman–Crippen LogP) is 2.48. The van der Waals surface area contributed by atoms with Crippen molar-refractivity contribution in [1.29, 1.82) is 0 Å². The van der Waals surface area contributed by atoms with Gasteiger partial charge in [-0.1, -0.05) is 48.6 Å². The van der Waals surface area contributed by atoms with Gasteiger partial charge in [0.05, 0.1) is 11.0 Å². The summed E-state index contributed by atoms with van der Waals surface area (Å²) >= 11 is 0. The highest BCUT2D eigenvalue weighted by atomic mass is 14.9. The Morgan fingerprint density at radius 3 is 2.71 bits per heavy atom. The van der Waals surface area contributed by atoms with Crippen molar-refractivity contribution in [3.63, 3.8) is 0 Å². The first-order valence-electron chi connectivity index (χ1n) is 7.64. The number of aromatic nitrogens is 1. The summed E-state index contributed by atoms with van der Waals surface area (Å²) in [4.78, 5) is 4.97. The van der Waals surface area contributed by atoms with Crippen LogP contribution >= 0.6 is 0 Å². The van der Waals surface area contributed by atoms with Gasteiger partial charge in [-0.3, -0.25) is 0 Å². The zero-order chi connectivity index (χ0) is 14.1. The third-order valence-electron chi connectivity index (χ3n) is 4.20. The highest BCUT2D eigenvalue weighted by Crippen LogP contribution is 2.13. The molecule has 2 aromatic rings. The maximum atomic E-state index is 4.97. The fourth-order valence-electron chi connectivity index (χ4n) is 3.15. The second kappa shape index (κ2) is 5.21. The number of rotatable bonds is 0. The van der Waals surface area contributed by atoms with Crippen LogP contribution in [0.5, 0.6) is 0 Å². The molecule has 1 aromatic heterocycles. The van der Waals surface area contributed by atoms with Crippen molar-refractivity contribution in [2.75, 3.05) is 6.54 Å². The molecule has 21 heavy (non-hydrogen) atoms. The Hall–Kier alpha value is -2.35. The van der Waals surface area contributed by atoms with Crippen molar-refractivity contribution in [3.05, 3.63) is 58.8 Å². The monoisotopic (exact) mass is 274 g/mol. The molecule has 0 radical (unpaired) electrons. The van der Waals surface area contributed by atoms with Crippen molar-refractivity contribution in [2.24, 2.45) is 0 Å². The highest BCUT2D eigenvalue weighted by Gasteiger charge is 2.10. The molecule has 1 saturated heterocycles. The molecule has 0 saturated carbocycles. The van der Waals surface area contributed by atoms with Gasteiger partial charge in [-0.05, 0) is 30.7 Å². The third kappa shape index (κ3) is 2.17. The van der Waals surface area contributed by atoms with Crippen molar-refractivity contribution in [2.45, 2.75) is 19.3 Å². The minimum absolute atomic E-state index is 1.06. The Balaban J connectivity index is 2.15. The molecule has 1 N–H and O–H groups in total. The summed E-state index contributed by atoms with van der Waals surface area (Å²) in [7, 11) is 0. The lowest BCUT2D eigenvalue weighted by molar-refractivity contribution is 0.640. The Bertz CT molecular complexity index is 864. The fourth-order valence-corrected chi connectivity index (χ4v) is 3.15. The van der Waals surface area contributed by atoms with Gasteiger partial charge in [0.1, 0.15) is 0 Å². The second-order valence-electron chi connectivity index (χ2n) is 5.58. The van der Waals surface area contributed by atoms with E-state index in [0.717, 1.165) is 24.0 Å². The van der Waals surface area contributed by atoms with E-state index in [1.54, 1.807) is 0 Å². The Morgan fingerprint density at radius 1 is 0.952 bits per heavy atom. The number of hydrogen-bond acceptors (Lipinski definition) is 2. The zero-order valence-corrected chi connectivity index (χ0v) is 12.0. The molecule has 2 nitrogen and oxygen atoms in total. The maximum Gasteiger partial charge on any atom is 0.0904 e. The zero-order valence-electron chi connectivity index (χ0n) is 12.0. The number of benzene rings is 1. The molecule has 4 rings (SSSR count). The second-order valence-corrected chi connectivity index (χ2v) is 5.58. The number of pyridine rings is 1. The van der Waals surface area contributed by atoms with Crippen LogP contribution in [-0.2, 0) is 0 Å². The predicted molar refractivity (Wildman–Crippen MR) is 88.9 cm³/mol. The minimum Gasteiger partial charge on any atom is -0.387 e. The summed E-state index contributed by atoms with van der Waals surface area (Å²) in [5.74, 6) is 0. The first-order valence-corrected chi connectivity index (χ1v) is 7.64. The number of hydrogen-bond donors (Lipinski definition) is 1. The maximum absolute atomic E-state index is 4.97. The highest BCUT2D eigenvalue weighted by molar-refractivity contribution is 5.87.